The summed E-state index contributed by atoms with van der Waals surface area (Å²) in [5.74, 6) is -1.64. The minimum absolute atomic E-state index is 0. The Balaban J connectivity index is 0. The van der Waals surface area contributed by atoms with E-state index in [1.54, 1.807) is 0 Å². The molecule has 0 aliphatic heterocycles. The van der Waals surface area contributed by atoms with E-state index in [1.165, 1.54) is 0 Å². The van der Waals surface area contributed by atoms with Crippen LogP contribution in [0.3, 0.4) is 0 Å². The lowest BCUT2D eigenvalue weighted by atomic mass is 10.1. The van der Waals surface area contributed by atoms with Gasteiger partial charge in [-0.2, -0.15) is 0 Å². The van der Waals surface area contributed by atoms with Crippen LogP contribution in [0.4, 0.5) is 0 Å². The number of hydrogen-bond donors (Lipinski definition) is 3. The Hall–Kier alpha value is -1.10. The predicted octanol–water partition coefficient (Wildman–Crippen LogP) is 1.48. The van der Waals surface area contributed by atoms with Gasteiger partial charge in [-0.25, -0.2) is 0 Å². The van der Waals surface area contributed by atoms with Gasteiger partial charge in [-0.1, -0.05) is 6.42 Å². The zero-order chi connectivity index (χ0) is 8.69. The van der Waals surface area contributed by atoms with Gasteiger partial charge in [-0.05, 0) is 12.8 Å². The van der Waals surface area contributed by atoms with Crippen molar-refractivity contribution in [3.05, 3.63) is 0 Å². The summed E-state index contributed by atoms with van der Waals surface area (Å²) in [6, 6.07) is 0. The summed E-state index contributed by atoms with van der Waals surface area (Å²) < 4.78 is 0. The van der Waals surface area contributed by atoms with E-state index >= 15 is 0 Å². The Morgan fingerprint density at radius 2 is 1.17 bits per heavy atom. The van der Waals surface area contributed by atoms with Gasteiger partial charge in [-0.15, -0.1) is 0 Å². The quantitative estimate of drug-likeness (QED) is 0.535. The number of carboxylic acids is 2. The van der Waals surface area contributed by atoms with Crippen molar-refractivity contribution in [1.29, 1.82) is 0 Å². The second kappa shape index (κ2) is 8.00. The molecule has 0 aromatic carbocycles. The zero-order valence-corrected chi connectivity index (χ0v) is 7.25. The lowest BCUT2D eigenvalue weighted by Crippen LogP contribution is -1.96. The van der Waals surface area contributed by atoms with Crippen molar-refractivity contribution in [1.82, 2.24) is 6.15 Å². The van der Waals surface area contributed by atoms with Crippen molar-refractivity contribution in [3.8, 4) is 0 Å². The van der Waals surface area contributed by atoms with E-state index in [0.29, 0.717) is 19.3 Å². The van der Waals surface area contributed by atoms with E-state index in [-0.39, 0.29) is 19.0 Å². The summed E-state index contributed by atoms with van der Waals surface area (Å²) in [7, 11) is 0. The molecule has 0 aromatic rings. The van der Waals surface area contributed by atoms with Gasteiger partial charge in [0.25, 0.3) is 0 Å². The van der Waals surface area contributed by atoms with Crippen LogP contribution >= 0.6 is 0 Å². The van der Waals surface area contributed by atoms with Crippen molar-refractivity contribution in [3.63, 3.8) is 0 Å². The maximum atomic E-state index is 9.98. The van der Waals surface area contributed by atoms with Crippen LogP contribution in [-0.2, 0) is 9.59 Å². The third-order valence-electron chi connectivity index (χ3n) is 1.28. The predicted molar refractivity (Wildman–Crippen MR) is 44.3 cm³/mol. The second-order valence-electron chi connectivity index (χ2n) is 2.35. The van der Waals surface area contributed by atoms with Gasteiger partial charge in [0.15, 0.2) is 0 Å². The number of unbranched alkanes of at least 4 members (excludes halogenated alkanes) is 2. The van der Waals surface area contributed by atoms with Crippen molar-refractivity contribution < 1.29 is 19.8 Å². The molecular weight excluding hydrogens is 162 g/mol. The summed E-state index contributed by atoms with van der Waals surface area (Å²) in [6.07, 6.45) is 2.10. The molecular formula is C7H16NO4+. The third-order valence-corrected chi connectivity index (χ3v) is 1.28. The SMILES string of the molecule is O=C(O)CCCCCC(=O)O.[NH4+]. The molecule has 0 aromatic heterocycles. The average molecular weight is 178 g/mol. The van der Waals surface area contributed by atoms with Gasteiger partial charge in [0, 0.05) is 12.8 Å². The standard InChI is InChI=1S/C7H12O4.H3N/c8-6(9)4-2-1-3-5-7(10)11;/h1-5H2,(H,8,9)(H,10,11);1H3/p+1. The summed E-state index contributed by atoms with van der Waals surface area (Å²) in [5, 5.41) is 16.4. The maximum absolute atomic E-state index is 9.98. The van der Waals surface area contributed by atoms with Gasteiger partial charge >= 0.3 is 11.9 Å². The molecule has 0 aliphatic rings. The molecule has 6 N–H and O–H groups in total. The topological polar surface area (TPSA) is 111 Å². The molecule has 5 nitrogen and oxygen atoms in total. The average Bonchev–Trinajstić information content (AvgIpc) is 1.85. The molecule has 0 aliphatic carbocycles. The molecule has 12 heavy (non-hydrogen) atoms. The van der Waals surface area contributed by atoms with Crippen LogP contribution in [0.5, 0.6) is 0 Å². The molecule has 0 bridgehead atoms. The highest BCUT2D eigenvalue weighted by Crippen LogP contribution is 2.02. The monoisotopic (exact) mass is 178 g/mol. The minimum Gasteiger partial charge on any atom is -0.481 e. The van der Waals surface area contributed by atoms with Crippen LogP contribution < -0.4 is 6.15 Å². The Morgan fingerprint density at radius 3 is 1.42 bits per heavy atom. The van der Waals surface area contributed by atoms with Crippen LogP contribution in [0.1, 0.15) is 32.1 Å². The van der Waals surface area contributed by atoms with E-state index in [1.807, 2.05) is 0 Å². The highest BCUT2D eigenvalue weighted by molar-refractivity contribution is 5.67. The zero-order valence-electron chi connectivity index (χ0n) is 7.25. The summed E-state index contributed by atoms with van der Waals surface area (Å²) in [4.78, 5) is 20.0. The minimum atomic E-state index is -0.819. The summed E-state index contributed by atoms with van der Waals surface area (Å²) >= 11 is 0. The van der Waals surface area contributed by atoms with E-state index in [0.717, 1.165) is 0 Å². The first-order chi connectivity index (χ1) is 5.13. The van der Waals surface area contributed by atoms with Crippen molar-refractivity contribution in [2.45, 2.75) is 32.1 Å². The molecule has 0 saturated carbocycles. The van der Waals surface area contributed by atoms with E-state index in [9.17, 15) is 9.59 Å². The normalized spacial score (nSPS) is 8.67. The van der Waals surface area contributed by atoms with Crippen LogP contribution in [0, 0.1) is 0 Å². The fourth-order valence-electron chi connectivity index (χ4n) is 0.729. The van der Waals surface area contributed by atoms with Crippen LogP contribution in [0.25, 0.3) is 0 Å². The molecule has 0 spiro atoms. The molecule has 0 rings (SSSR count). The van der Waals surface area contributed by atoms with Gasteiger partial charge in [0.05, 0.1) is 0 Å². The van der Waals surface area contributed by atoms with Gasteiger partial charge in [0.2, 0.25) is 0 Å². The Bertz CT molecular complexity index is 130. The molecule has 0 unspecified atom stereocenters. The molecule has 0 fully saturated rings. The highest BCUT2D eigenvalue weighted by atomic mass is 16.4. The molecule has 0 saturated heterocycles. The van der Waals surface area contributed by atoms with E-state index < -0.39 is 11.9 Å². The molecule has 0 radical (unpaired) electrons. The largest absolute Gasteiger partial charge is 0.481 e. The first-order valence-electron chi connectivity index (χ1n) is 3.56. The number of rotatable bonds is 6. The number of quaternary nitrogens is 1. The first-order valence-corrected chi connectivity index (χ1v) is 3.56. The molecule has 0 heterocycles. The third kappa shape index (κ3) is 11.7. The fourth-order valence-corrected chi connectivity index (χ4v) is 0.729. The van der Waals surface area contributed by atoms with Crippen molar-refractivity contribution in [2.75, 3.05) is 0 Å². The number of carboxylic acid groups (broad SMARTS) is 2. The second-order valence-corrected chi connectivity index (χ2v) is 2.35. The molecule has 0 atom stereocenters. The number of carbonyl (C=O) groups is 2. The Kier molecular flexibility index (Phi) is 8.99. The van der Waals surface area contributed by atoms with Crippen LogP contribution in [0.15, 0.2) is 0 Å². The Labute approximate surface area is 71.0 Å². The van der Waals surface area contributed by atoms with Gasteiger partial charge in [0.1, 0.15) is 0 Å². The van der Waals surface area contributed by atoms with E-state index in [2.05, 4.69) is 0 Å². The molecule has 72 valence electrons. The number of hydrogen-bond acceptors (Lipinski definition) is 2. The lowest BCUT2D eigenvalue weighted by molar-refractivity contribution is -0.137. The van der Waals surface area contributed by atoms with Crippen molar-refractivity contribution >= 4 is 11.9 Å². The first kappa shape index (κ1) is 13.5. The molecule has 0 amide bonds. The van der Waals surface area contributed by atoms with Crippen LogP contribution in [-0.4, -0.2) is 22.2 Å². The van der Waals surface area contributed by atoms with Crippen LogP contribution in [0.2, 0.25) is 0 Å². The van der Waals surface area contributed by atoms with Crippen molar-refractivity contribution in [2.24, 2.45) is 0 Å². The summed E-state index contributed by atoms with van der Waals surface area (Å²) in [6.45, 7) is 0. The summed E-state index contributed by atoms with van der Waals surface area (Å²) in [5.41, 5.74) is 0. The van der Waals surface area contributed by atoms with Gasteiger partial charge < -0.3 is 16.4 Å². The smallest absolute Gasteiger partial charge is 0.303 e. The lowest BCUT2D eigenvalue weighted by Gasteiger charge is -1.94. The van der Waals surface area contributed by atoms with Gasteiger partial charge in [-0.3, -0.25) is 9.59 Å². The fraction of sp³-hybridized carbons (Fsp3) is 0.714. The van der Waals surface area contributed by atoms with E-state index in [4.69, 9.17) is 10.2 Å². The number of aliphatic carboxylic acids is 2. The highest BCUT2D eigenvalue weighted by Gasteiger charge is 1.98. The molecule has 5 heteroatoms. The Morgan fingerprint density at radius 1 is 0.833 bits per heavy atom. The maximum Gasteiger partial charge on any atom is 0.303 e.